The SMILES string of the molecule is CCC(=O)Nc1ccc(CNC(=O)N2CCN(c3cc(Cl)ccc3C)CC2)cc1. The number of rotatable bonds is 5. The van der Waals surface area contributed by atoms with E-state index in [1.807, 2.05) is 54.3 Å². The molecular formula is C22H27ClN4O2. The topological polar surface area (TPSA) is 64.7 Å². The average molecular weight is 415 g/mol. The van der Waals surface area contributed by atoms with Crippen LogP contribution >= 0.6 is 11.6 Å². The Morgan fingerprint density at radius 2 is 1.72 bits per heavy atom. The number of benzene rings is 2. The molecule has 0 spiro atoms. The van der Waals surface area contributed by atoms with Crippen molar-refractivity contribution in [3.05, 3.63) is 58.6 Å². The molecular weight excluding hydrogens is 388 g/mol. The van der Waals surface area contributed by atoms with E-state index in [2.05, 4.69) is 22.5 Å². The molecule has 0 aliphatic carbocycles. The molecule has 0 unspecified atom stereocenters. The Morgan fingerprint density at radius 3 is 2.38 bits per heavy atom. The number of aryl methyl sites for hydroxylation is 1. The van der Waals surface area contributed by atoms with Gasteiger partial charge in [-0.2, -0.15) is 0 Å². The fraction of sp³-hybridized carbons (Fsp3) is 0.364. The molecule has 6 nitrogen and oxygen atoms in total. The van der Waals surface area contributed by atoms with Crippen molar-refractivity contribution in [3.63, 3.8) is 0 Å². The highest BCUT2D eigenvalue weighted by atomic mass is 35.5. The van der Waals surface area contributed by atoms with Crippen molar-refractivity contribution >= 4 is 34.9 Å². The van der Waals surface area contributed by atoms with Crippen molar-refractivity contribution < 1.29 is 9.59 Å². The zero-order valence-electron chi connectivity index (χ0n) is 16.9. The predicted molar refractivity (Wildman–Crippen MR) is 118 cm³/mol. The summed E-state index contributed by atoms with van der Waals surface area (Å²) in [5.74, 6) is -0.0156. The normalized spacial score (nSPS) is 13.9. The summed E-state index contributed by atoms with van der Waals surface area (Å²) in [4.78, 5) is 28.0. The number of anilines is 2. The van der Waals surface area contributed by atoms with Gasteiger partial charge < -0.3 is 20.4 Å². The minimum Gasteiger partial charge on any atom is -0.368 e. The van der Waals surface area contributed by atoms with Gasteiger partial charge in [-0.25, -0.2) is 4.79 Å². The quantitative estimate of drug-likeness (QED) is 0.776. The van der Waals surface area contributed by atoms with E-state index in [1.165, 1.54) is 5.56 Å². The van der Waals surface area contributed by atoms with Gasteiger partial charge in [-0.3, -0.25) is 4.79 Å². The summed E-state index contributed by atoms with van der Waals surface area (Å²) in [5.41, 5.74) is 4.07. The van der Waals surface area contributed by atoms with Crippen LogP contribution < -0.4 is 15.5 Å². The third-order valence-electron chi connectivity index (χ3n) is 5.08. The van der Waals surface area contributed by atoms with E-state index in [1.54, 1.807) is 0 Å². The number of piperazine rings is 1. The molecule has 1 saturated heterocycles. The summed E-state index contributed by atoms with van der Waals surface area (Å²) < 4.78 is 0. The third-order valence-corrected chi connectivity index (χ3v) is 5.32. The van der Waals surface area contributed by atoms with Crippen LogP contribution in [0.4, 0.5) is 16.2 Å². The Kier molecular flexibility index (Phi) is 6.99. The minimum absolute atomic E-state index is 0.0156. The predicted octanol–water partition coefficient (Wildman–Crippen LogP) is 4.03. The van der Waals surface area contributed by atoms with Gasteiger partial charge >= 0.3 is 6.03 Å². The average Bonchev–Trinajstić information content (AvgIpc) is 2.74. The lowest BCUT2D eigenvalue weighted by atomic mass is 10.1. The molecule has 2 aromatic rings. The Labute approximate surface area is 176 Å². The number of hydrogen-bond acceptors (Lipinski definition) is 3. The van der Waals surface area contributed by atoms with Crippen molar-refractivity contribution in [2.75, 3.05) is 36.4 Å². The van der Waals surface area contributed by atoms with Crippen LogP contribution in [-0.2, 0) is 11.3 Å². The standard InChI is InChI=1S/C22H27ClN4O2/c1-3-21(28)25-19-8-5-17(6-9-19)15-24-22(29)27-12-10-26(11-13-27)20-14-18(23)7-4-16(20)2/h4-9,14H,3,10-13,15H2,1-2H3,(H,24,29)(H,25,28). The zero-order valence-corrected chi connectivity index (χ0v) is 17.6. The van der Waals surface area contributed by atoms with E-state index in [0.29, 0.717) is 26.1 Å². The van der Waals surface area contributed by atoms with Gasteiger partial charge in [0.25, 0.3) is 0 Å². The summed E-state index contributed by atoms with van der Waals surface area (Å²) in [6, 6.07) is 13.4. The summed E-state index contributed by atoms with van der Waals surface area (Å²) in [5, 5.41) is 6.52. The van der Waals surface area contributed by atoms with Crippen molar-refractivity contribution in [2.24, 2.45) is 0 Å². The van der Waals surface area contributed by atoms with E-state index < -0.39 is 0 Å². The van der Waals surface area contributed by atoms with E-state index in [0.717, 1.165) is 35.1 Å². The zero-order chi connectivity index (χ0) is 20.8. The van der Waals surface area contributed by atoms with Gasteiger partial charge in [0.15, 0.2) is 0 Å². The van der Waals surface area contributed by atoms with Gasteiger partial charge in [-0.1, -0.05) is 36.7 Å². The summed E-state index contributed by atoms with van der Waals surface area (Å²) in [6.07, 6.45) is 0.446. The lowest BCUT2D eigenvalue weighted by molar-refractivity contribution is -0.115. The Morgan fingerprint density at radius 1 is 1.03 bits per heavy atom. The second-order valence-corrected chi connectivity index (χ2v) is 7.60. The van der Waals surface area contributed by atoms with Crippen molar-refractivity contribution in [3.8, 4) is 0 Å². The van der Waals surface area contributed by atoms with E-state index in [-0.39, 0.29) is 11.9 Å². The second kappa shape index (κ2) is 9.65. The maximum atomic E-state index is 12.5. The largest absolute Gasteiger partial charge is 0.368 e. The van der Waals surface area contributed by atoms with Gasteiger partial charge in [-0.15, -0.1) is 0 Å². The Bertz CT molecular complexity index is 862. The second-order valence-electron chi connectivity index (χ2n) is 7.16. The molecule has 154 valence electrons. The fourth-order valence-electron chi connectivity index (χ4n) is 3.32. The molecule has 0 aromatic heterocycles. The smallest absolute Gasteiger partial charge is 0.317 e. The van der Waals surface area contributed by atoms with E-state index >= 15 is 0 Å². The van der Waals surface area contributed by atoms with Crippen LogP contribution in [-0.4, -0.2) is 43.0 Å². The highest BCUT2D eigenvalue weighted by Gasteiger charge is 2.22. The molecule has 0 saturated carbocycles. The third kappa shape index (κ3) is 5.64. The fourth-order valence-corrected chi connectivity index (χ4v) is 3.48. The molecule has 3 amide bonds. The Hall–Kier alpha value is -2.73. The molecule has 0 bridgehead atoms. The van der Waals surface area contributed by atoms with Gasteiger partial charge in [0.05, 0.1) is 0 Å². The molecule has 0 radical (unpaired) electrons. The molecule has 1 heterocycles. The molecule has 7 heteroatoms. The maximum Gasteiger partial charge on any atom is 0.317 e. The molecule has 2 N–H and O–H groups in total. The molecule has 0 atom stereocenters. The maximum absolute atomic E-state index is 12.5. The van der Waals surface area contributed by atoms with Crippen LogP contribution in [0.3, 0.4) is 0 Å². The highest BCUT2D eigenvalue weighted by Crippen LogP contribution is 2.25. The molecule has 1 aliphatic heterocycles. The minimum atomic E-state index is -0.0594. The van der Waals surface area contributed by atoms with Gasteiger partial charge in [0, 0.05) is 55.5 Å². The van der Waals surface area contributed by atoms with E-state index in [4.69, 9.17) is 11.6 Å². The van der Waals surface area contributed by atoms with Gasteiger partial charge in [0.1, 0.15) is 0 Å². The van der Waals surface area contributed by atoms with Crippen LogP contribution in [0.25, 0.3) is 0 Å². The van der Waals surface area contributed by atoms with Crippen LogP contribution in [0.5, 0.6) is 0 Å². The first kappa shape index (κ1) is 21.0. The van der Waals surface area contributed by atoms with Gasteiger partial charge in [0.2, 0.25) is 5.91 Å². The lowest BCUT2D eigenvalue weighted by Gasteiger charge is -2.36. The summed E-state index contributed by atoms with van der Waals surface area (Å²) >= 11 is 6.13. The monoisotopic (exact) mass is 414 g/mol. The number of halogens is 1. The number of carbonyl (C=O) groups excluding carboxylic acids is 2. The van der Waals surface area contributed by atoms with Crippen molar-refractivity contribution in [1.82, 2.24) is 10.2 Å². The highest BCUT2D eigenvalue weighted by molar-refractivity contribution is 6.30. The number of nitrogens with zero attached hydrogens (tertiary/aromatic N) is 2. The van der Waals surface area contributed by atoms with Crippen molar-refractivity contribution in [1.29, 1.82) is 0 Å². The van der Waals surface area contributed by atoms with Crippen LogP contribution in [0.15, 0.2) is 42.5 Å². The van der Waals surface area contributed by atoms with Crippen LogP contribution in [0.2, 0.25) is 5.02 Å². The molecule has 29 heavy (non-hydrogen) atoms. The summed E-state index contributed by atoms with van der Waals surface area (Å²) in [7, 11) is 0. The Balaban J connectivity index is 1.47. The number of urea groups is 1. The van der Waals surface area contributed by atoms with E-state index in [9.17, 15) is 9.59 Å². The number of amides is 3. The van der Waals surface area contributed by atoms with Crippen LogP contribution in [0, 0.1) is 6.92 Å². The number of hydrogen-bond donors (Lipinski definition) is 2. The van der Waals surface area contributed by atoms with Crippen LogP contribution in [0.1, 0.15) is 24.5 Å². The first-order chi connectivity index (χ1) is 14.0. The number of carbonyl (C=O) groups is 2. The number of nitrogens with one attached hydrogen (secondary N) is 2. The first-order valence-electron chi connectivity index (χ1n) is 9.89. The molecule has 1 aliphatic rings. The first-order valence-corrected chi connectivity index (χ1v) is 10.3. The molecule has 2 aromatic carbocycles. The summed E-state index contributed by atoms with van der Waals surface area (Å²) in [6.45, 7) is 7.23. The van der Waals surface area contributed by atoms with Gasteiger partial charge in [-0.05, 0) is 42.3 Å². The lowest BCUT2D eigenvalue weighted by Crippen LogP contribution is -2.51. The van der Waals surface area contributed by atoms with Crippen molar-refractivity contribution in [2.45, 2.75) is 26.8 Å². The molecule has 3 rings (SSSR count). The molecule has 1 fully saturated rings.